The largest absolute Gasteiger partial charge is 0.321 e. The highest BCUT2D eigenvalue weighted by atomic mass is 14.7. The molecule has 2 aliphatic rings. The molecule has 0 saturated heterocycles. The first-order chi connectivity index (χ1) is 9.67. The van der Waals surface area contributed by atoms with E-state index in [1.54, 1.807) is 5.56 Å². The number of hydrogen-bond acceptors (Lipinski definition) is 1. The van der Waals surface area contributed by atoms with E-state index in [1.807, 2.05) is 0 Å². The van der Waals surface area contributed by atoms with Gasteiger partial charge in [-0.1, -0.05) is 63.3 Å². The first-order valence-electron chi connectivity index (χ1n) is 8.57. The molecule has 0 amide bonds. The molecule has 110 valence electrons. The van der Waals surface area contributed by atoms with Gasteiger partial charge in [0.05, 0.1) is 0 Å². The maximum absolute atomic E-state index is 6.63. The number of benzene rings is 1. The lowest BCUT2D eigenvalue weighted by Crippen LogP contribution is -2.38. The average molecular weight is 271 g/mol. The molecule has 0 radical (unpaired) electrons. The van der Waals surface area contributed by atoms with Gasteiger partial charge in [0, 0.05) is 5.54 Å². The van der Waals surface area contributed by atoms with Gasteiger partial charge in [-0.2, -0.15) is 0 Å². The van der Waals surface area contributed by atoms with E-state index in [0.29, 0.717) is 0 Å². The molecule has 0 aromatic heterocycles. The van der Waals surface area contributed by atoms with Crippen molar-refractivity contribution < 1.29 is 0 Å². The SMILES string of the molecule is CC1CCC(c2ccc(C3(N)CCCCC3)cc2)CC1. The molecule has 0 unspecified atom stereocenters. The summed E-state index contributed by atoms with van der Waals surface area (Å²) >= 11 is 0. The fraction of sp³-hybridized carbons (Fsp3) is 0.684. The minimum Gasteiger partial charge on any atom is -0.321 e. The van der Waals surface area contributed by atoms with Crippen LogP contribution < -0.4 is 5.73 Å². The Balaban J connectivity index is 1.71. The van der Waals surface area contributed by atoms with E-state index < -0.39 is 0 Å². The van der Waals surface area contributed by atoms with Gasteiger partial charge in [0.2, 0.25) is 0 Å². The minimum absolute atomic E-state index is 0.0438. The van der Waals surface area contributed by atoms with E-state index in [0.717, 1.165) is 24.7 Å². The first-order valence-corrected chi connectivity index (χ1v) is 8.57. The second kappa shape index (κ2) is 5.89. The maximum Gasteiger partial charge on any atom is 0.0409 e. The van der Waals surface area contributed by atoms with Crippen LogP contribution >= 0.6 is 0 Å². The highest BCUT2D eigenvalue weighted by Gasteiger charge is 2.29. The number of rotatable bonds is 2. The molecule has 0 bridgehead atoms. The van der Waals surface area contributed by atoms with Gasteiger partial charge in [-0.05, 0) is 48.6 Å². The van der Waals surface area contributed by atoms with Crippen molar-refractivity contribution in [2.75, 3.05) is 0 Å². The van der Waals surface area contributed by atoms with Crippen molar-refractivity contribution in [2.45, 2.75) is 76.2 Å². The fourth-order valence-electron chi connectivity index (χ4n) is 4.15. The summed E-state index contributed by atoms with van der Waals surface area (Å²) in [7, 11) is 0. The van der Waals surface area contributed by atoms with Gasteiger partial charge in [-0.15, -0.1) is 0 Å². The average Bonchev–Trinajstić information content (AvgIpc) is 2.49. The number of hydrogen-bond donors (Lipinski definition) is 1. The van der Waals surface area contributed by atoms with Gasteiger partial charge in [-0.25, -0.2) is 0 Å². The van der Waals surface area contributed by atoms with E-state index in [-0.39, 0.29) is 5.54 Å². The van der Waals surface area contributed by atoms with Gasteiger partial charge >= 0.3 is 0 Å². The second-order valence-corrected chi connectivity index (χ2v) is 7.30. The van der Waals surface area contributed by atoms with Gasteiger partial charge in [-0.3, -0.25) is 0 Å². The molecule has 2 saturated carbocycles. The van der Waals surface area contributed by atoms with Crippen LogP contribution in [0.4, 0.5) is 0 Å². The third-order valence-corrected chi connectivity index (χ3v) is 5.72. The van der Waals surface area contributed by atoms with Crippen LogP contribution in [0.3, 0.4) is 0 Å². The topological polar surface area (TPSA) is 26.0 Å². The Labute approximate surface area is 124 Å². The molecule has 1 heteroatoms. The summed E-state index contributed by atoms with van der Waals surface area (Å²) in [6.45, 7) is 2.39. The summed E-state index contributed by atoms with van der Waals surface area (Å²) in [6, 6.07) is 9.36. The summed E-state index contributed by atoms with van der Waals surface area (Å²) < 4.78 is 0. The van der Waals surface area contributed by atoms with Crippen LogP contribution in [0, 0.1) is 5.92 Å². The molecule has 1 nitrogen and oxygen atoms in total. The summed E-state index contributed by atoms with van der Waals surface area (Å²) in [6.07, 6.45) is 11.8. The fourth-order valence-corrected chi connectivity index (χ4v) is 4.15. The Morgan fingerprint density at radius 3 is 2.10 bits per heavy atom. The lowest BCUT2D eigenvalue weighted by Gasteiger charge is -2.34. The van der Waals surface area contributed by atoms with E-state index in [2.05, 4.69) is 31.2 Å². The monoisotopic (exact) mass is 271 g/mol. The van der Waals surface area contributed by atoms with Crippen molar-refractivity contribution in [3.05, 3.63) is 35.4 Å². The van der Waals surface area contributed by atoms with Crippen LogP contribution in [0.25, 0.3) is 0 Å². The Morgan fingerprint density at radius 1 is 0.900 bits per heavy atom. The lowest BCUT2D eigenvalue weighted by atomic mass is 9.76. The lowest BCUT2D eigenvalue weighted by molar-refractivity contribution is 0.302. The molecule has 3 rings (SSSR count). The van der Waals surface area contributed by atoms with Gasteiger partial charge in [0.25, 0.3) is 0 Å². The molecular formula is C19H29N. The summed E-state index contributed by atoms with van der Waals surface area (Å²) in [5.74, 6) is 1.72. The highest BCUT2D eigenvalue weighted by Crippen LogP contribution is 2.38. The molecular weight excluding hydrogens is 242 g/mol. The van der Waals surface area contributed by atoms with Crippen LogP contribution in [0.2, 0.25) is 0 Å². The van der Waals surface area contributed by atoms with E-state index in [1.165, 1.54) is 50.5 Å². The molecule has 2 aliphatic carbocycles. The molecule has 0 spiro atoms. The molecule has 1 aromatic rings. The molecule has 0 aliphatic heterocycles. The normalized spacial score (nSPS) is 30.1. The zero-order chi connectivity index (χ0) is 14.0. The van der Waals surface area contributed by atoms with Crippen LogP contribution in [-0.2, 0) is 5.54 Å². The smallest absolute Gasteiger partial charge is 0.0409 e. The van der Waals surface area contributed by atoms with Crippen LogP contribution in [0.1, 0.15) is 81.8 Å². The van der Waals surface area contributed by atoms with Crippen molar-refractivity contribution in [3.8, 4) is 0 Å². The Morgan fingerprint density at radius 2 is 1.50 bits per heavy atom. The van der Waals surface area contributed by atoms with Crippen LogP contribution in [-0.4, -0.2) is 0 Å². The van der Waals surface area contributed by atoms with Crippen LogP contribution in [0.5, 0.6) is 0 Å². The zero-order valence-electron chi connectivity index (χ0n) is 12.9. The molecule has 1 aromatic carbocycles. The second-order valence-electron chi connectivity index (χ2n) is 7.30. The summed E-state index contributed by atoms with van der Waals surface area (Å²) in [5.41, 5.74) is 9.49. The molecule has 2 N–H and O–H groups in total. The van der Waals surface area contributed by atoms with E-state index >= 15 is 0 Å². The van der Waals surface area contributed by atoms with Crippen molar-refractivity contribution in [1.82, 2.24) is 0 Å². The van der Waals surface area contributed by atoms with Crippen molar-refractivity contribution >= 4 is 0 Å². The molecule has 2 fully saturated rings. The quantitative estimate of drug-likeness (QED) is 0.795. The van der Waals surface area contributed by atoms with Gasteiger partial charge in [0.1, 0.15) is 0 Å². The predicted octanol–water partition coefficient (Wildman–Crippen LogP) is 5.10. The van der Waals surface area contributed by atoms with Crippen molar-refractivity contribution in [2.24, 2.45) is 11.7 Å². The van der Waals surface area contributed by atoms with E-state index in [4.69, 9.17) is 5.73 Å². The molecule has 20 heavy (non-hydrogen) atoms. The van der Waals surface area contributed by atoms with E-state index in [9.17, 15) is 0 Å². The Kier molecular flexibility index (Phi) is 4.16. The zero-order valence-corrected chi connectivity index (χ0v) is 12.9. The van der Waals surface area contributed by atoms with Crippen LogP contribution in [0.15, 0.2) is 24.3 Å². The Hall–Kier alpha value is -0.820. The Bertz CT molecular complexity index is 420. The van der Waals surface area contributed by atoms with Crippen molar-refractivity contribution in [3.63, 3.8) is 0 Å². The van der Waals surface area contributed by atoms with Gasteiger partial charge < -0.3 is 5.73 Å². The highest BCUT2D eigenvalue weighted by molar-refractivity contribution is 5.30. The minimum atomic E-state index is -0.0438. The molecule has 0 atom stereocenters. The first kappa shape index (κ1) is 14.1. The summed E-state index contributed by atoms with van der Waals surface area (Å²) in [4.78, 5) is 0. The standard InChI is InChI=1S/C19H29N/c1-15-5-7-16(8-6-15)17-9-11-18(12-10-17)19(20)13-3-2-4-14-19/h9-12,15-16H,2-8,13-14,20H2,1H3. The van der Waals surface area contributed by atoms with Crippen molar-refractivity contribution in [1.29, 1.82) is 0 Å². The number of nitrogens with two attached hydrogens (primary N) is 1. The summed E-state index contributed by atoms with van der Waals surface area (Å²) in [5, 5.41) is 0. The predicted molar refractivity (Wildman–Crippen MR) is 85.8 cm³/mol. The third kappa shape index (κ3) is 2.93. The maximum atomic E-state index is 6.63. The third-order valence-electron chi connectivity index (χ3n) is 5.72. The van der Waals surface area contributed by atoms with Gasteiger partial charge in [0.15, 0.2) is 0 Å². The molecule has 0 heterocycles.